The first-order chi connectivity index (χ1) is 12.3. The van der Waals surface area contributed by atoms with Crippen molar-refractivity contribution in [3.05, 3.63) is 12.2 Å². The van der Waals surface area contributed by atoms with E-state index in [1.807, 2.05) is 0 Å². The summed E-state index contributed by atoms with van der Waals surface area (Å²) in [4.78, 5) is 47.9. The number of Topliss-reactive ketones (excluding diaryl/α,β-unsaturated/α-hetero) is 1. The van der Waals surface area contributed by atoms with Crippen molar-refractivity contribution in [3.63, 3.8) is 0 Å². The predicted octanol–water partition coefficient (Wildman–Crippen LogP) is 1.59. The van der Waals surface area contributed by atoms with E-state index in [0.29, 0.717) is 31.3 Å². The predicted molar refractivity (Wildman–Crippen MR) is 88.7 cm³/mol. The molecule has 0 aromatic heterocycles. The summed E-state index contributed by atoms with van der Waals surface area (Å²) < 4.78 is 16.1. The molecule has 0 N–H and O–H groups in total. The molecule has 0 aromatic carbocycles. The third-order valence-corrected chi connectivity index (χ3v) is 6.11. The first-order valence-corrected chi connectivity index (χ1v) is 8.97. The van der Waals surface area contributed by atoms with Crippen molar-refractivity contribution in [1.82, 2.24) is 0 Å². The van der Waals surface area contributed by atoms with Gasteiger partial charge in [-0.15, -0.1) is 0 Å². The molecule has 3 fully saturated rings. The molecule has 0 unspecified atom stereocenters. The number of esters is 3. The number of hydrogen-bond donors (Lipinski definition) is 0. The zero-order valence-corrected chi connectivity index (χ0v) is 15.1. The molecule has 2 aliphatic carbocycles. The van der Waals surface area contributed by atoms with Crippen LogP contribution < -0.4 is 0 Å². The third-order valence-electron chi connectivity index (χ3n) is 6.11. The van der Waals surface area contributed by atoms with Crippen molar-refractivity contribution in [2.75, 3.05) is 13.2 Å². The topological polar surface area (TPSA) is 96.0 Å². The fourth-order valence-corrected chi connectivity index (χ4v) is 4.92. The summed E-state index contributed by atoms with van der Waals surface area (Å²) in [6, 6.07) is 0. The molecule has 1 heterocycles. The van der Waals surface area contributed by atoms with E-state index >= 15 is 0 Å². The minimum Gasteiger partial charge on any atom is -0.466 e. The Hall–Kier alpha value is -2.18. The zero-order chi connectivity index (χ0) is 19.1. The van der Waals surface area contributed by atoms with E-state index in [4.69, 9.17) is 14.2 Å². The normalized spacial score (nSPS) is 36.0. The van der Waals surface area contributed by atoms with Crippen molar-refractivity contribution in [3.8, 4) is 0 Å². The Kier molecular flexibility index (Phi) is 4.90. The molecular formula is C19H24O7. The van der Waals surface area contributed by atoms with Crippen LogP contribution >= 0.6 is 0 Å². The van der Waals surface area contributed by atoms with Crippen molar-refractivity contribution >= 4 is 23.7 Å². The number of fused-ring (bicyclic) bond motifs is 3. The van der Waals surface area contributed by atoms with Crippen LogP contribution in [-0.4, -0.2) is 43.0 Å². The second-order valence-corrected chi connectivity index (χ2v) is 7.49. The van der Waals surface area contributed by atoms with Crippen LogP contribution in [0.4, 0.5) is 0 Å². The zero-order valence-electron chi connectivity index (χ0n) is 15.1. The summed E-state index contributed by atoms with van der Waals surface area (Å²) in [7, 11) is 0. The fraction of sp³-hybridized carbons (Fsp3) is 0.684. The lowest BCUT2D eigenvalue weighted by Gasteiger charge is -2.39. The SMILES string of the molecule is C=C1C(=O)O[C@@H]2[C@H]1CC[C@H](COC(C)=O)[C@@H]1CCC(=O)[C@@]21COC(C)=O. The lowest BCUT2D eigenvalue weighted by atomic mass is 9.67. The number of ketones is 1. The molecule has 0 radical (unpaired) electrons. The Balaban J connectivity index is 2.00. The highest BCUT2D eigenvalue weighted by Crippen LogP contribution is 2.57. The van der Waals surface area contributed by atoms with Gasteiger partial charge < -0.3 is 14.2 Å². The molecule has 0 aromatic rings. The van der Waals surface area contributed by atoms with E-state index in [1.165, 1.54) is 13.8 Å². The van der Waals surface area contributed by atoms with Gasteiger partial charge in [-0.1, -0.05) is 6.58 Å². The van der Waals surface area contributed by atoms with Crippen LogP contribution in [0.2, 0.25) is 0 Å². The largest absolute Gasteiger partial charge is 0.466 e. The maximum Gasteiger partial charge on any atom is 0.334 e. The second kappa shape index (κ2) is 6.85. The molecule has 142 valence electrons. The highest BCUT2D eigenvalue weighted by atomic mass is 16.6. The van der Waals surface area contributed by atoms with E-state index in [-0.39, 0.29) is 42.7 Å². The van der Waals surface area contributed by atoms with Crippen LogP contribution in [0.1, 0.15) is 39.5 Å². The Labute approximate surface area is 152 Å². The van der Waals surface area contributed by atoms with E-state index in [9.17, 15) is 19.2 Å². The van der Waals surface area contributed by atoms with Crippen LogP contribution in [-0.2, 0) is 33.4 Å². The number of ether oxygens (including phenoxy) is 3. The molecule has 0 spiro atoms. The second-order valence-electron chi connectivity index (χ2n) is 7.49. The first kappa shape index (κ1) is 18.6. The maximum absolute atomic E-state index is 13.0. The number of carbonyl (C=O) groups excluding carboxylic acids is 4. The van der Waals surface area contributed by atoms with Gasteiger partial charge in [0.15, 0.2) is 0 Å². The molecule has 0 bridgehead atoms. The van der Waals surface area contributed by atoms with Gasteiger partial charge in [-0.05, 0) is 31.1 Å². The molecule has 7 heteroatoms. The van der Waals surface area contributed by atoms with Crippen molar-refractivity contribution < 1.29 is 33.4 Å². The van der Waals surface area contributed by atoms with Gasteiger partial charge in [-0.3, -0.25) is 14.4 Å². The minimum absolute atomic E-state index is 0.0574. The Morgan fingerprint density at radius 3 is 2.50 bits per heavy atom. The third kappa shape index (κ3) is 2.93. The van der Waals surface area contributed by atoms with Gasteiger partial charge in [-0.2, -0.15) is 0 Å². The van der Waals surface area contributed by atoms with Crippen LogP contribution in [0.25, 0.3) is 0 Å². The molecule has 5 atom stereocenters. The van der Waals surface area contributed by atoms with Gasteiger partial charge in [0.25, 0.3) is 0 Å². The average molecular weight is 364 g/mol. The standard InChI is InChI=1S/C19H24O7/c1-10-14-5-4-13(8-24-11(2)20)15-6-7-16(22)19(15,9-25-12(3)21)17(14)26-18(10)23/h13-15,17H,1,4-9H2,2-3H3/t13-,14+,15+,17-,19+/m1/s1. The van der Waals surface area contributed by atoms with Crippen LogP contribution in [0.5, 0.6) is 0 Å². The Bertz CT molecular complexity index is 667. The van der Waals surface area contributed by atoms with Crippen molar-refractivity contribution in [1.29, 1.82) is 0 Å². The smallest absolute Gasteiger partial charge is 0.334 e. The van der Waals surface area contributed by atoms with Gasteiger partial charge >= 0.3 is 17.9 Å². The monoisotopic (exact) mass is 364 g/mol. The molecule has 0 amide bonds. The highest BCUT2D eigenvalue weighted by Gasteiger charge is 2.65. The molecule has 3 aliphatic rings. The molecule has 3 rings (SSSR count). The fourth-order valence-electron chi connectivity index (χ4n) is 4.92. The molecule has 1 saturated heterocycles. The van der Waals surface area contributed by atoms with E-state index < -0.39 is 23.5 Å². The molecule has 1 aliphatic heterocycles. The summed E-state index contributed by atoms with van der Waals surface area (Å²) in [5, 5.41) is 0. The number of rotatable bonds is 4. The summed E-state index contributed by atoms with van der Waals surface area (Å²) in [6.07, 6.45) is 1.55. The number of carbonyl (C=O) groups is 4. The molecule has 7 nitrogen and oxygen atoms in total. The number of hydrogen-bond acceptors (Lipinski definition) is 7. The average Bonchev–Trinajstić information content (AvgIpc) is 3.00. The minimum atomic E-state index is -1.09. The lowest BCUT2D eigenvalue weighted by Crippen LogP contribution is -2.51. The van der Waals surface area contributed by atoms with Crippen molar-refractivity contribution in [2.45, 2.75) is 45.6 Å². The quantitative estimate of drug-likeness (QED) is 0.424. The van der Waals surface area contributed by atoms with Crippen LogP contribution in [0.15, 0.2) is 12.2 Å². The van der Waals surface area contributed by atoms with E-state index in [1.54, 1.807) is 0 Å². The highest BCUT2D eigenvalue weighted by molar-refractivity contribution is 5.94. The van der Waals surface area contributed by atoms with Gasteiger partial charge in [0, 0.05) is 31.8 Å². The van der Waals surface area contributed by atoms with Crippen LogP contribution in [0, 0.1) is 23.2 Å². The van der Waals surface area contributed by atoms with Crippen LogP contribution in [0.3, 0.4) is 0 Å². The summed E-state index contributed by atoms with van der Waals surface area (Å²) in [6.45, 7) is 6.56. The molecule has 26 heavy (non-hydrogen) atoms. The summed E-state index contributed by atoms with van der Waals surface area (Å²) >= 11 is 0. The van der Waals surface area contributed by atoms with Crippen molar-refractivity contribution in [2.24, 2.45) is 23.2 Å². The van der Waals surface area contributed by atoms with E-state index in [2.05, 4.69) is 6.58 Å². The summed E-state index contributed by atoms with van der Waals surface area (Å²) in [5.41, 5.74) is -0.726. The van der Waals surface area contributed by atoms with Gasteiger partial charge in [-0.25, -0.2) is 4.79 Å². The summed E-state index contributed by atoms with van der Waals surface area (Å²) in [5.74, 6) is -1.93. The van der Waals surface area contributed by atoms with Gasteiger partial charge in [0.1, 0.15) is 23.9 Å². The Morgan fingerprint density at radius 1 is 1.15 bits per heavy atom. The first-order valence-electron chi connectivity index (χ1n) is 8.97. The van der Waals surface area contributed by atoms with Gasteiger partial charge in [0.05, 0.1) is 6.61 Å². The maximum atomic E-state index is 13.0. The Morgan fingerprint density at radius 2 is 1.85 bits per heavy atom. The van der Waals surface area contributed by atoms with Gasteiger partial charge in [0.2, 0.25) is 0 Å². The molecular weight excluding hydrogens is 340 g/mol. The van der Waals surface area contributed by atoms with E-state index in [0.717, 1.165) is 0 Å². The lowest BCUT2D eigenvalue weighted by molar-refractivity contribution is -0.165. The molecule has 2 saturated carbocycles.